The molecule has 0 aromatic carbocycles. The molecule has 0 aliphatic heterocycles. The van der Waals surface area contributed by atoms with E-state index in [1.54, 1.807) is 18.3 Å². The van der Waals surface area contributed by atoms with Crippen molar-refractivity contribution in [3.63, 3.8) is 0 Å². The van der Waals surface area contributed by atoms with Crippen LogP contribution in [0.15, 0.2) is 41.5 Å². The second-order valence-corrected chi connectivity index (χ2v) is 5.15. The van der Waals surface area contributed by atoms with Crippen LogP contribution in [0.2, 0.25) is 0 Å². The van der Waals surface area contributed by atoms with Gasteiger partial charge in [0.1, 0.15) is 0 Å². The molecule has 22 heavy (non-hydrogen) atoms. The first kappa shape index (κ1) is 14.3. The number of hydrogen-bond acceptors (Lipinski definition) is 3. The summed E-state index contributed by atoms with van der Waals surface area (Å²) in [6.45, 7) is 2.38. The van der Waals surface area contributed by atoms with Gasteiger partial charge in [-0.05, 0) is 31.2 Å². The number of rotatable bonds is 2. The Morgan fingerprint density at radius 1 is 1.23 bits per heavy atom. The molecule has 112 valence electrons. The minimum Gasteiger partial charge on any atom is -0.328 e. The van der Waals surface area contributed by atoms with E-state index in [0.29, 0.717) is 22.2 Å². The highest BCUT2D eigenvalue weighted by Gasteiger charge is 2.27. The topological polar surface area (TPSA) is 58.6 Å². The van der Waals surface area contributed by atoms with E-state index in [1.807, 2.05) is 0 Å². The lowest BCUT2D eigenvalue weighted by Gasteiger charge is -2.14. The van der Waals surface area contributed by atoms with Gasteiger partial charge in [-0.1, -0.05) is 0 Å². The smallest absolute Gasteiger partial charge is 0.272 e. The van der Waals surface area contributed by atoms with Crippen LogP contribution in [0, 0.1) is 6.92 Å². The number of alkyl halides is 2. The number of nitrogens with one attached hydrogen (secondary N) is 1. The second kappa shape index (κ2) is 4.98. The van der Waals surface area contributed by atoms with Crippen LogP contribution in [0.25, 0.3) is 22.2 Å². The number of pyridine rings is 3. The third-order valence-corrected chi connectivity index (χ3v) is 3.49. The SMILES string of the molecule is Cc1nc(-c2c[nH]c(=O)c3cccnc23)ccc1C(C)(F)F. The van der Waals surface area contributed by atoms with E-state index in [1.165, 1.54) is 25.3 Å². The maximum Gasteiger partial charge on any atom is 0.272 e. The molecule has 0 bridgehead atoms. The number of aromatic nitrogens is 3. The summed E-state index contributed by atoms with van der Waals surface area (Å²) in [4.78, 5) is 22.9. The molecule has 0 aliphatic carbocycles. The van der Waals surface area contributed by atoms with Crippen molar-refractivity contribution in [2.75, 3.05) is 0 Å². The molecule has 0 radical (unpaired) electrons. The Balaban J connectivity index is 2.23. The molecule has 0 atom stereocenters. The molecule has 1 N–H and O–H groups in total. The average molecular weight is 301 g/mol. The van der Waals surface area contributed by atoms with Crippen LogP contribution in [0.4, 0.5) is 8.78 Å². The molecule has 0 saturated carbocycles. The summed E-state index contributed by atoms with van der Waals surface area (Å²) in [5.41, 5.74) is 1.47. The molecular weight excluding hydrogens is 288 g/mol. The van der Waals surface area contributed by atoms with E-state index < -0.39 is 5.92 Å². The summed E-state index contributed by atoms with van der Waals surface area (Å²) in [6.07, 6.45) is 3.08. The largest absolute Gasteiger partial charge is 0.328 e. The lowest BCUT2D eigenvalue weighted by molar-refractivity contribution is 0.0164. The molecule has 3 aromatic rings. The molecule has 4 nitrogen and oxygen atoms in total. The summed E-state index contributed by atoms with van der Waals surface area (Å²) < 4.78 is 26.9. The van der Waals surface area contributed by atoms with E-state index in [0.717, 1.165) is 6.92 Å². The molecule has 0 fully saturated rings. The predicted molar refractivity (Wildman–Crippen MR) is 79.9 cm³/mol. The zero-order valence-electron chi connectivity index (χ0n) is 12.0. The number of halogens is 2. The Morgan fingerprint density at radius 3 is 2.68 bits per heavy atom. The van der Waals surface area contributed by atoms with Gasteiger partial charge in [0.2, 0.25) is 0 Å². The summed E-state index contributed by atoms with van der Waals surface area (Å²) in [7, 11) is 0. The number of hydrogen-bond donors (Lipinski definition) is 1. The fourth-order valence-corrected chi connectivity index (χ4v) is 2.46. The first-order valence-electron chi connectivity index (χ1n) is 6.70. The fraction of sp³-hybridized carbons (Fsp3) is 0.188. The second-order valence-electron chi connectivity index (χ2n) is 5.15. The van der Waals surface area contributed by atoms with E-state index >= 15 is 0 Å². The van der Waals surface area contributed by atoms with Crippen LogP contribution >= 0.6 is 0 Å². The number of nitrogens with zero attached hydrogens (tertiary/aromatic N) is 2. The van der Waals surface area contributed by atoms with E-state index in [9.17, 15) is 13.6 Å². The van der Waals surface area contributed by atoms with Crippen LogP contribution in [0.1, 0.15) is 18.2 Å². The standard InChI is InChI=1S/C16H13F2N3O/c1-9-12(16(2,17)18)5-6-13(21-9)11-8-20-15(22)10-4-3-7-19-14(10)11/h3-8H,1-2H3,(H,20,22). The Bertz CT molecular complexity index is 913. The highest BCUT2D eigenvalue weighted by molar-refractivity contribution is 5.91. The molecule has 0 aliphatic rings. The van der Waals surface area contributed by atoms with Gasteiger partial charge in [-0.15, -0.1) is 0 Å². The third kappa shape index (κ3) is 2.36. The number of fused-ring (bicyclic) bond motifs is 1. The Morgan fingerprint density at radius 2 is 2.00 bits per heavy atom. The lowest BCUT2D eigenvalue weighted by atomic mass is 10.0. The van der Waals surface area contributed by atoms with Crippen LogP contribution in [0.5, 0.6) is 0 Å². The summed E-state index contributed by atoms with van der Waals surface area (Å²) in [6, 6.07) is 6.20. The Kier molecular flexibility index (Phi) is 3.24. The van der Waals surface area contributed by atoms with Crippen LogP contribution in [-0.2, 0) is 5.92 Å². The van der Waals surface area contributed by atoms with E-state index in [4.69, 9.17) is 0 Å². The zero-order valence-corrected chi connectivity index (χ0v) is 12.0. The van der Waals surface area contributed by atoms with Gasteiger partial charge in [0, 0.05) is 36.1 Å². The van der Waals surface area contributed by atoms with E-state index in [2.05, 4.69) is 15.0 Å². The molecule has 0 spiro atoms. The molecule has 0 amide bonds. The van der Waals surface area contributed by atoms with Gasteiger partial charge in [-0.2, -0.15) is 0 Å². The molecule has 0 saturated heterocycles. The maximum absolute atomic E-state index is 13.5. The van der Waals surface area contributed by atoms with Crippen molar-refractivity contribution < 1.29 is 8.78 Å². The van der Waals surface area contributed by atoms with Crippen molar-refractivity contribution in [1.29, 1.82) is 0 Å². The highest BCUT2D eigenvalue weighted by atomic mass is 19.3. The van der Waals surface area contributed by atoms with Gasteiger partial charge in [-0.25, -0.2) is 8.78 Å². The normalized spacial score (nSPS) is 11.8. The predicted octanol–water partition coefficient (Wildman–Crippen LogP) is 3.41. The van der Waals surface area contributed by atoms with Gasteiger partial charge >= 0.3 is 0 Å². The molecule has 3 heterocycles. The van der Waals surface area contributed by atoms with Crippen molar-refractivity contribution in [2.24, 2.45) is 0 Å². The average Bonchev–Trinajstić information content (AvgIpc) is 2.46. The molecule has 0 unspecified atom stereocenters. The van der Waals surface area contributed by atoms with Crippen LogP contribution < -0.4 is 5.56 Å². The van der Waals surface area contributed by atoms with E-state index in [-0.39, 0.29) is 16.8 Å². The molecular formula is C16H13F2N3O. The van der Waals surface area contributed by atoms with Gasteiger partial charge < -0.3 is 4.98 Å². The van der Waals surface area contributed by atoms with Crippen molar-refractivity contribution in [1.82, 2.24) is 15.0 Å². The zero-order chi connectivity index (χ0) is 15.9. The van der Waals surface area contributed by atoms with Crippen LogP contribution in [0.3, 0.4) is 0 Å². The van der Waals surface area contributed by atoms with Gasteiger partial charge in [-0.3, -0.25) is 14.8 Å². The first-order chi connectivity index (χ1) is 10.4. The first-order valence-corrected chi connectivity index (χ1v) is 6.70. The quantitative estimate of drug-likeness (QED) is 0.789. The van der Waals surface area contributed by atoms with Crippen LogP contribution in [-0.4, -0.2) is 15.0 Å². The monoisotopic (exact) mass is 301 g/mol. The summed E-state index contributed by atoms with van der Waals surface area (Å²) in [5, 5.41) is 0.435. The Hall–Kier alpha value is -2.63. The van der Waals surface area contributed by atoms with Crippen molar-refractivity contribution in [3.05, 3.63) is 58.3 Å². The van der Waals surface area contributed by atoms with Gasteiger partial charge in [0.15, 0.2) is 0 Å². The molecule has 3 rings (SSSR count). The number of H-pyrrole nitrogens is 1. The molecule has 6 heteroatoms. The maximum atomic E-state index is 13.5. The minimum absolute atomic E-state index is 0.113. The van der Waals surface area contributed by atoms with Crippen molar-refractivity contribution in [2.45, 2.75) is 19.8 Å². The van der Waals surface area contributed by atoms with Crippen molar-refractivity contribution in [3.8, 4) is 11.3 Å². The third-order valence-electron chi connectivity index (χ3n) is 3.49. The Labute approximate surface area is 124 Å². The van der Waals surface area contributed by atoms with Crippen molar-refractivity contribution >= 4 is 10.9 Å². The minimum atomic E-state index is -2.94. The molecule has 3 aromatic heterocycles. The fourth-order valence-electron chi connectivity index (χ4n) is 2.46. The number of aryl methyl sites for hydroxylation is 1. The summed E-state index contributed by atoms with van der Waals surface area (Å²) >= 11 is 0. The number of aromatic amines is 1. The lowest BCUT2D eigenvalue weighted by Crippen LogP contribution is -2.11. The summed E-state index contributed by atoms with van der Waals surface area (Å²) in [5.74, 6) is -2.94. The highest BCUT2D eigenvalue weighted by Crippen LogP contribution is 2.31. The van der Waals surface area contributed by atoms with Gasteiger partial charge in [0.05, 0.1) is 16.6 Å². The van der Waals surface area contributed by atoms with Gasteiger partial charge in [0.25, 0.3) is 11.5 Å².